The molecule has 2 heterocycles. The third kappa shape index (κ3) is 5.44. The maximum Gasteiger partial charge on any atom is 0.124 e. The van der Waals surface area contributed by atoms with Crippen LogP contribution in [-0.2, 0) is 17.8 Å². The summed E-state index contributed by atoms with van der Waals surface area (Å²) in [5.74, 6) is 1.89. The predicted molar refractivity (Wildman–Crippen MR) is 133 cm³/mol. The van der Waals surface area contributed by atoms with Crippen molar-refractivity contribution in [1.82, 2.24) is 0 Å². The number of aliphatic hydroxyl groups excluding tert-OH is 1. The Labute approximate surface area is 197 Å². The summed E-state index contributed by atoms with van der Waals surface area (Å²) in [6.07, 6.45) is 5.54. The van der Waals surface area contributed by atoms with E-state index in [-0.39, 0.29) is 6.61 Å². The minimum Gasteiger partial charge on any atom is -0.493 e. The number of ether oxygens (including phenoxy) is 2. The van der Waals surface area contributed by atoms with E-state index in [0.29, 0.717) is 24.5 Å². The number of aliphatic hydroxyl groups is 1. The molecule has 0 bridgehead atoms. The third-order valence-corrected chi connectivity index (χ3v) is 7.94. The predicted octanol–water partition coefficient (Wildman–Crippen LogP) is 6.35. The van der Waals surface area contributed by atoms with Gasteiger partial charge in [0.1, 0.15) is 5.75 Å². The van der Waals surface area contributed by atoms with Crippen molar-refractivity contribution in [2.24, 2.45) is 5.92 Å². The van der Waals surface area contributed by atoms with Gasteiger partial charge in [-0.1, -0.05) is 32.9 Å². The second kappa shape index (κ2) is 11.0. The quantitative estimate of drug-likeness (QED) is 0.470. The number of anilines is 1. The Morgan fingerprint density at radius 3 is 2.66 bits per heavy atom. The highest BCUT2D eigenvalue weighted by molar-refractivity contribution is 8.00. The fraction of sp³-hybridized carbons (Fsp3) is 0.556. The van der Waals surface area contributed by atoms with Gasteiger partial charge in [0.25, 0.3) is 0 Å². The minimum atomic E-state index is -0.0109. The van der Waals surface area contributed by atoms with Gasteiger partial charge in [-0.15, -0.1) is 0 Å². The van der Waals surface area contributed by atoms with E-state index in [1.165, 1.54) is 23.2 Å². The molecule has 0 amide bonds. The minimum absolute atomic E-state index is 0.0109. The number of hydrogen-bond donors (Lipinski definition) is 1. The number of rotatable bonds is 8. The van der Waals surface area contributed by atoms with Crippen LogP contribution in [0.4, 0.5) is 5.69 Å². The Morgan fingerprint density at radius 2 is 1.94 bits per heavy atom. The average molecular weight is 456 g/mol. The lowest BCUT2D eigenvalue weighted by Crippen LogP contribution is -2.33. The molecule has 2 aromatic carbocycles. The van der Waals surface area contributed by atoms with Crippen molar-refractivity contribution in [2.45, 2.75) is 76.3 Å². The van der Waals surface area contributed by atoms with Crippen LogP contribution in [0, 0.1) is 5.92 Å². The third-order valence-electron chi connectivity index (χ3n) is 6.78. The summed E-state index contributed by atoms with van der Waals surface area (Å²) in [5.41, 5.74) is 5.06. The Bertz CT molecular complexity index is 894. The maximum atomic E-state index is 10.0. The lowest BCUT2D eigenvalue weighted by Gasteiger charge is -2.37. The monoisotopic (exact) mass is 455 g/mol. The van der Waals surface area contributed by atoms with Gasteiger partial charge in [0.2, 0.25) is 0 Å². The van der Waals surface area contributed by atoms with Gasteiger partial charge in [-0.2, -0.15) is 0 Å². The van der Waals surface area contributed by atoms with Crippen LogP contribution in [0.3, 0.4) is 0 Å². The van der Waals surface area contributed by atoms with Gasteiger partial charge in [-0.3, -0.25) is 0 Å². The van der Waals surface area contributed by atoms with Crippen molar-refractivity contribution in [1.29, 1.82) is 0 Å². The van der Waals surface area contributed by atoms with Gasteiger partial charge < -0.3 is 18.9 Å². The van der Waals surface area contributed by atoms with E-state index in [9.17, 15) is 5.11 Å². The molecule has 4 rings (SSSR count). The van der Waals surface area contributed by atoms with Crippen molar-refractivity contribution in [3.05, 3.63) is 53.1 Å². The number of aryl methyl sites for hydroxylation is 1. The molecule has 1 atom stereocenters. The molecular formula is C27H37NO3S. The first-order chi connectivity index (χ1) is 15.6. The molecule has 0 aromatic heterocycles. The molecule has 4 nitrogen and oxygen atoms in total. The van der Waals surface area contributed by atoms with Crippen LogP contribution in [0.15, 0.2) is 41.3 Å². The molecule has 2 aliphatic rings. The van der Waals surface area contributed by atoms with Crippen LogP contribution in [0.5, 0.6) is 5.75 Å². The van der Waals surface area contributed by atoms with E-state index >= 15 is 0 Å². The molecule has 0 aliphatic carbocycles. The second-order valence-corrected chi connectivity index (χ2v) is 10.4. The Morgan fingerprint density at radius 1 is 1.12 bits per heavy atom. The Hall–Kier alpha value is -1.69. The maximum absolute atomic E-state index is 10.0. The Balaban J connectivity index is 1.51. The van der Waals surface area contributed by atoms with Gasteiger partial charge in [0, 0.05) is 29.7 Å². The van der Waals surface area contributed by atoms with Crippen molar-refractivity contribution < 1.29 is 14.6 Å². The van der Waals surface area contributed by atoms with Crippen LogP contribution in [0.25, 0.3) is 0 Å². The zero-order chi connectivity index (χ0) is 22.5. The first-order valence-electron chi connectivity index (χ1n) is 12.1. The van der Waals surface area contributed by atoms with E-state index in [0.717, 1.165) is 55.1 Å². The molecular weight excluding hydrogens is 418 g/mol. The van der Waals surface area contributed by atoms with Crippen molar-refractivity contribution in [3.8, 4) is 5.75 Å². The number of nitrogens with zero attached hydrogens (tertiary/aromatic N) is 1. The highest BCUT2D eigenvalue weighted by Gasteiger charge is 2.27. The molecule has 2 aliphatic heterocycles. The molecule has 1 fully saturated rings. The zero-order valence-corrected chi connectivity index (χ0v) is 20.5. The fourth-order valence-electron chi connectivity index (χ4n) is 4.62. The molecule has 1 N–H and O–H groups in total. The van der Waals surface area contributed by atoms with Crippen LogP contribution < -0.4 is 9.04 Å². The van der Waals surface area contributed by atoms with E-state index < -0.39 is 0 Å². The van der Waals surface area contributed by atoms with E-state index in [4.69, 9.17) is 9.47 Å². The number of fused-ring (bicyclic) bond motifs is 1. The molecule has 0 saturated carbocycles. The van der Waals surface area contributed by atoms with Crippen molar-refractivity contribution >= 4 is 17.6 Å². The SMILES string of the molecule is CCC1CCc2cc(C(C)C)ccc2N1Sc1ccc(OCC2CCOCC2)c(CO)c1. The Kier molecular flexibility index (Phi) is 8.03. The van der Waals surface area contributed by atoms with E-state index in [2.05, 4.69) is 55.4 Å². The molecule has 0 spiro atoms. The topological polar surface area (TPSA) is 41.9 Å². The highest BCUT2D eigenvalue weighted by Crippen LogP contribution is 2.41. The van der Waals surface area contributed by atoms with Crippen LogP contribution >= 0.6 is 11.9 Å². The van der Waals surface area contributed by atoms with Crippen LogP contribution in [0.2, 0.25) is 0 Å². The summed E-state index contributed by atoms with van der Waals surface area (Å²) in [7, 11) is 0. The van der Waals surface area contributed by atoms with Gasteiger partial charge in [-0.25, -0.2) is 0 Å². The average Bonchev–Trinajstić information content (AvgIpc) is 2.83. The van der Waals surface area contributed by atoms with Crippen LogP contribution in [0.1, 0.15) is 69.1 Å². The standard InChI is InChI=1S/C27H37NO3S/c1-4-24-7-5-22-15-21(19(2)3)6-9-26(22)28(24)32-25-8-10-27(23(16-25)17-29)31-18-20-11-13-30-14-12-20/h6,8-10,15-16,19-20,24,29H,4-5,7,11-14,17-18H2,1-3H3. The smallest absolute Gasteiger partial charge is 0.124 e. The summed E-state index contributed by atoms with van der Waals surface area (Å²) in [5, 5.41) is 10.0. The molecule has 1 unspecified atom stereocenters. The number of benzene rings is 2. The summed E-state index contributed by atoms with van der Waals surface area (Å²) in [6, 6.07) is 13.7. The summed E-state index contributed by atoms with van der Waals surface area (Å²) < 4.78 is 14.0. The highest BCUT2D eigenvalue weighted by atomic mass is 32.2. The van der Waals surface area contributed by atoms with E-state index in [1.807, 2.05) is 6.07 Å². The summed E-state index contributed by atoms with van der Waals surface area (Å²) >= 11 is 1.79. The van der Waals surface area contributed by atoms with Gasteiger partial charge in [-0.05, 0) is 91.3 Å². The summed E-state index contributed by atoms with van der Waals surface area (Å²) in [4.78, 5) is 1.15. The molecule has 2 aromatic rings. The first-order valence-corrected chi connectivity index (χ1v) is 12.9. The number of hydrogen-bond acceptors (Lipinski definition) is 5. The van der Waals surface area contributed by atoms with Gasteiger partial charge in [0.15, 0.2) is 0 Å². The molecule has 5 heteroatoms. The largest absolute Gasteiger partial charge is 0.493 e. The molecule has 174 valence electrons. The van der Waals surface area contributed by atoms with E-state index in [1.54, 1.807) is 11.9 Å². The normalized spacial score (nSPS) is 19.3. The van der Waals surface area contributed by atoms with Crippen LogP contribution in [-0.4, -0.2) is 31.0 Å². The second-order valence-electron chi connectivity index (χ2n) is 9.36. The van der Waals surface area contributed by atoms with Gasteiger partial charge in [0.05, 0.1) is 18.9 Å². The van der Waals surface area contributed by atoms with Crippen molar-refractivity contribution in [3.63, 3.8) is 0 Å². The lowest BCUT2D eigenvalue weighted by molar-refractivity contribution is 0.0494. The fourth-order valence-corrected chi connectivity index (χ4v) is 5.85. The lowest BCUT2D eigenvalue weighted by atomic mass is 9.92. The first kappa shape index (κ1) is 23.5. The molecule has 1 saturated heterocycles. The van der Waals surface area contributed by atoms with Crippen molar-refractivity contribution in [2.75, 3.05) is 24.1 Å². The zero-order valence-electron chi connectivity index (χ0n) is 19.7. The summed E-state index contributed by atoms with van der Waals surface area (Å²) in [6.45, 7) is 9.12. The molecule has 0 radical (unpaired) electrons. The molecule has 32 heavy (non-hydrogen) atoms. The van der Waals surface area contributed by atoms with Gasteiger partial charge >= 0.3 is 0 Å².